The van der Waals surface area contributed by atoms with Crippen LogP contribution in [0.25, 0.3) is 0 Å². The average Bonchev–Trinajstić information content (AvgIpc) is 2.71. The topological polar surface area (TPSA) is 89.7 Å². The molecule has 13 heavy (non-hydrogen) atoms. The molecule has 2 heterocycles. The van der Waals surface area contributed by atoms with Gasteiger partial charge in [-0.3, -0.25) is 0 Å². The van der Waals surface area contributed by atoms with Gasteiger partial charge in [0.05, 0.1) is 12.6 Å². The Morgan fingerprint density at radius 2 is 2.54 bits per heavy atom. The molecule has 0 radical (unpaired) electrons. The minimum absolute atomic E-state index is 0.154. The zero-order valence-corrected chi connectivity index (χ0v) is 7.31. The number of hydrogen-bond acceptors (Lipinski definition) is 5. The molecule has 6 nitrogen and oxygen atoms in total. The van der Waals surface area contributed by atoms with E-state index in [1.54, 1.807) is 0 Å². The SMILES string of the molecule is NC(c1nn[nH]n1)C1CCCOC1. The van der Waals surface area contributed by atoms with E-state index >= 15 is 0 Å². The van der Waals surface area contributed by atoms with Gasteiger partial charge in [-0.15, -0.1) is 10.2 Å². The molecule has 1 aliphatic heterocycles. The third kappa shape index (κ3) is 1.84. The highest BCUT2D eigenvalue weighted by Gasteiger charge is 2.25. The van der Waals surface area contributed by atoms with E-state index in [-0.39, 0.29) is 6.04 Å². The fourth-order valence-electron chi connectivity index (χ4n) is 1.57. The Kier molecular flexibility index (Phi) is 2.51. The quantitative estimate of drug-likeness (QED) is 0.652. The van der Waals surface area contributed by atoms with Crippen molar-refractivity contribution in [2.24, 2.45) is 11.7 Å². The lowest BCUT2D eigenvalue weighted by atomic mass is 9.94. The number of aromatic amines is 1. The lowest BCUT2D eigenvalue weighted by molar-refractivity contribution is 0.0436. The van der Waals surface area contributed by atoms with Crippen molar-refractivity contribution < 1.29 is 4.74 Å². The van der Waals surface area contributed by atoms with E-state index < -0.39 is 0 Å². The molecule has 0 bridgehead atoms. The monoisotopic (exact) mass is 183 g/mol. The number of tetrazole rings is 1. The number of nitrogens with two attached hydrogens (primary N) is 1. The largest absolute Gasteiger partial charge is 0.381 e. The Morgan fingerprint density at radius 1 is 1.62 bits per heavy atom. The van der Waals surface area contributed by atoms with Gasteiger partial charge in [0.2, 0.25) is 0 Å². The molecule has 0 amide bonds. The van der Waals surface area contributed by atoms with Crippen LogP contribution in [-0.2, 0) is 4.74 Å². The molecular weight excluding hydrogens is 170 g/mol. The van der Waals surface area contributed by atoms with E-state index in [2.05, 4.69) is 20.6 Å². The molecule has 3 N–H and O–H groups in total. The highest BCUT2D eigenvalue weighted by molar-refractivity contribution is 4.91. The van der Waals surface area contributed by atoms with Crippen molar-refractivity contribution in [2.45, 2.75) is 18.9 Å². The smallest absolute Gasteiger partial charge is 0.191 e. The van der Waals surface area contributed by atoms with Crippen LogP contribution in [0.5, 0.6) is 0 Å². The Bertz CT molecular complexity index is 243. The molecule has 0 spiro atoms. The molecule has 1 saturated heterocycles. The standard InChI is InChI=1S/C7H13N5O/c8-6(7-9-11-12-10-7)5-2-1-3-13-4-5/h5-6H,1-4,8H2,(H,9,10,11,12). The van der Waals surface area contributed by atoms with Crippen molar-refractivity contribution in [1.29, 1.82) is 0 Å². The molecule has 2 unspecified atom stereocenters. The van der Waals surface area contributed by atoms with Crippen LogP contribution in [0.3, 0.4) is 0 Å². The maximum Gasteiger partial charge on any atom is 0.191 e. The summed E-state index contributed by atoms with van der Waals surface area (Å²) in [5.41, 5.74) is 5.95. The molecule has 2 atom stereocenters. The molecule has 6 heteroatoms. The van der Waals surface area contributed by atoms with Gasteiger partial charge in [-0.2, -0.15) is 5.21 Å². The first kappa shape index (κ1) is 8.58. The van der Waals surface area contributed by atoms with Crippen molar-refractivity contribution >= 4 is 0 Å². The van der Waals surface area contributed by atoms with Crippen molar-refractivity contribution in [2.75, 3.05) is 13.2 Å². The molecule has 1 fully saturated rings. The zero-order chi connectivity index (χ0) is 9.10. The number of rotatable bonds is 2. The zero-order valence-electron chi connectivity index (χ0n) is 7.31. The second-order valence-electron chi connectivity index (χ2n) is 3.27. The minimum Gasteiger partial charge on any atom is -0.381 e. The van der Waals surface area contributed by atoms with E-state index in [4.69, 9.17) is 10.5 Å². The van der Waals surface area contributed by atoms with Crippen molar-refractivity contribution in [3.05, 3.63) is 5.82 Å². The number of H-pyrrole nitrogens is 1. The van der Waals surface area contributed by atoms with Crippen LogP contribution in [0.15, 0.2) is 0 Å². The third-order valence-electron chi connectivity index (χ3n) is 2.36. The Balaban J connectivity index is 1.99. The van der Waals surface area contributed by atoms with E-state index in [0.29, 0.717) is 18.3 Å². The van der Waals surface area contributed by atoms with Gasteiger partial charge in [-0.25, -0.2) is 0 Å². The predicted octanol–water partition coefficient (Wildman–Crippen LogP) is -0.374. The fraction of sp³-hybridized carbons (Fsp3) is 0.857. The number of nitrogens with zero attached hydrogens (tertiary/aromatic N) is 3. The van der Waals surface area contributed by atoms with Gasteiger partial charge >= 0.3 is 0 Å². The van der Waals surface area contributed by atoms with Crippen LogP contribution in [0.1, 0.15) is 24.7 Å². The molecule has 72 valence electrons. The molecule has 1 aromatic rings. The summed E-state index contributed by atoms with van der Waals surface area (Å²) in [6, 6.07) is -0.154. The molecular formula is C7H13N5O. The second-order valence-corrected chi connectivity index (χ2v) is 3.27. The Morgan fingerprint density at radius 3 is 3.15 bits per heavy atom. The molecule has 2 rings (SSSR count). The Hall–Kier alpha value is -1.01. The number of nitrogens with one attached hydrogen (secondary N) is 1. The van der Waals surface area contributed by atoms with E-state index in [9.17, 15) is 0 Å². The van der Waals surface area contributed by atoms with Crippen LogP contribution < -0.4 is 5.73 Å². The summed E-state index contributed by atoms with van der Waals surface area (Å²) < 4.78 is 5.34. The highest BCUT2D eigenvalue weighted by Crippen LogP contribution is 2.23. The summed E-state index contributed by atoms with van der Waals surface area (Å²) in [7, 11) is 0. The van der Waals surface area contributed by atoms with Crippen molar-refractivity contribution in [1.82, 2.24) is 20.6 Å². The summed E-state index contributed by atoms with van der Waals surface area (Å²) in [6.07, 6.45) is 2.14. The van der Waals surface area contributed by atoms with Crippen molar-refractivity contribution in [3.8, 4) is 0 Å². The summed E-state index contributed by atoms with van der Waals surface area (Å²) in [6.45, 7) is 1.55. The van der Waals surface area contributed by atoms with Gasteiger partial charge in [0.1, 0.15) is 0 Å². The summed E-state index contributed by atoms with van der Waals surface area (Å²) in [5.74, 6) is 0.904. The normalized spacial score (nSPS) is 25.8. The van der Waals surface area contributed by atoms with E-state index in [1.807, 2.05) is 0 Å². The van der Waals surface area contributed by atoms with Gasteiger partial charge in [0, 0.05) is 12.5 Å². The van der Waals surface area contributed by atoms with Gasteiger partial charge in [0.15, 0.2) is 5.82 Å². The molecule has 1 aliphatic rings. The van der Waals surface area contributed by atoms with Crippen LogP contribution in [-0.4, -0.2) is 33.8 Å². The first-order valence-corrected chi connectivity index (χ1v) is 4.44. The molecule has 0 aromatic carbocycles. The highest BCUT2D eigenvalue weighted by atomic mass is 16.5. The lowest BCUT2D eigenvalue weighted by Crippen LogP contribution is -2.29. The lowest BCUT2D eigenvalue weighted by Gasteiger charge is -2.25. The number of ether oxygens (including phenoxy) is 1. The van der Waals surface area contributed by atoms with Crippen molar-refractivity contribution in [3.63, 3.8) is 0 Å². The Labute approximate surface area is 75.8 Å². The number of aromatic nitrogens is 4. The van der Waals surface area contributed by atoms with E-state index in [0.717, 1.165) is 19.4 Å². The average molecular weight is 183 g/mol. The first-order chi connectivity index (χ1) is 6.38. The maximum atomic E-state index is 5.95. The van der Waals surface area contributed by atoms with Gasteiger partial charge in [-0.05, 0) is 12.8 Å². The van der Waals surface area contributed by atoms with Crippen LogP contribution in [0.4, 0.5) is 0 Å². The molecule has 0 saturated carbocycles. The molecule has 0 aliphatic carbocycles. The van der Waals surface area contributed by atoms with Gasteiger partial charge < -0.3 is 10.5 Å². The van der Waals surface area contributed by atoms with Crippen LogP contribution >= 0.6 is 0 Å². The maximum absolute atomic E-state index is 5.95. The van der Waals surface area contributed by atoms with Crippen LogP contribution in [0.2, 0.25) is 0 Å². The molecule has 1 aromatic heterocycles. The predicted molar refractivity (Wildman–Crippen MR) is 44.6 cm³/mol. The van der Waals surface area contributed by atoms with Gasteiger partial charge in [-0.1, -0.05) is 5.21 Å². The van der Waals surface area contributed by atoms with Crippen LogP contribution in [0, 0.1) is 5.92 Å². The second kappa shape index (κ2) is 3.80. The van der Waals surface area contributed by atoms with E-state index in [1.165, 1.54) is 0 Å². The van der Waals surface area contributed by atoms with Gasteiger partial charge in [0.25, 0.3) is 0 Å². The fourth-order valence-corrected chi connectivity index (χ4v) is 1.57. The number of hydrogen-bond donors (Lipinski definition) is 2. The summed E-state index contributed by atoms with van der Waals surface area (Å²) >= 11 is 0. The minimum atomic E-state index is -0.154. The third-order valence-corrected chi connectivity index (χ3v) is 2.36. The first-order valence-electron chi connectivity index (χ1n) is 4.44. The summed E-state index contributed by atoms with van der Waals surface area (Å²) in [5, 5.41) is 13.6. The summed E-state index contributed by atoms with van der Waals surface area (Å²) in [4.78, 5) is 0.